The van der Waals surface area contributed by atoms with E-state index in [9.17, 15) is 0 Å². The van der Waals surface area contributed by atoms with Crippen LogP contribution in [-0.2, 0) is 11.3 Å². The van der Waals surface area contributed by atoms with Gasteiger partial charge in [-0.05, 0) is 32.0 Å². The number of ether oxygens (including phenoxy) is 1. The summed E-state index contributed by atoms with van der Waals surface area (Å²) in [6.45, 7) is 2.60. The van der Waals surface area contributed by atoms with Crippen LogP contribution in [0.1, 0.15) is 30.1 Å². The van der Waals surface area contributed by atoms with E-state index in [2.05, 4.69) is 28.5 Å². The Hall–Kier alpha value is -0.930. The van der Waals surface area contributed by atoms with Gasteiger partial charge in [0.25, 0.3) is 0 Å². The predicted octanol–water partition coefficient (Wildman–Crippen LogP) is 1.70. The van der Waals surface area contributed by atoms with Gasteiger partial charge in [-0.3, -0.25) is 4.98 Å². The lowest BCUT2D eigenvalue weighted by atomic mass is 9.96. The van der Waals surface area contributed by atoms with Crippen molar-refractivity contribution in [2.24, 2.45) is 0 Å². The van der Waals surface area contributed by atoms with Crippen molar-refractivity contribution in [1.82, 2.24) is 10.3 Å². The molecule has 0 aromatic carbocycles. The largest absolute Gasteiger partial charge is 0.381 e. The van der Waals surface area contributed by atoms with E-state index in [4.69, 9.17) is 4.74 Å². The standard InChI is InChI=1S/C12H18N2O/c1-13-9-11-3-2-4-12(14-11)10-5-7-15-8-6-10/h2-4,10,13H,5-9H2,1H3. The molecule has 0 atom stereocenters. The van der Waals surface area contributed by atoms with Crippen LogP contribution in [0.2, 0.25) is 0 Å². The minimum atomic E-state index is 0.593. The summed E-state index contributed by atoms with van der Waals surface area (Å²) >= 11 is 0. The van der Waals surface area contributed by atoms with Gasteiger partial charge in [0.05, 0.1) is 5.69 Å². The molecule has 3 nitrogen and oxygen atoms in total. The molecule has 1 aliphatic heterocycles. The zero-order chi connectivity index (χ0) is 10.5. The zero-order valence-electron chi connectivity index (χ0n) is 9.20. The molecular weight excluding hydrogens is 188 g/mol. The van der Waals surface area contributed by atoms with Gasteiger partial charge in [0.2, 0.25) is 0 Å². The van der Waals surface area contributed by atoms with Crippen LogP contribution in [0.15, 0.2) is 18.2 Å². The minimum Gasteiger partial charge on any atom is -0.381 e. The lowest BCUT2D eigenvalue weighted by Gasteiger charge is -2.21. The summed E-state index contributed by atoms with van der Waals surface area (Å²) in [4.78, 5) is 4.67. The Bertz CT molecular complexity index is 308. The Morgan fingerprint density at radius 3 is 2.93 bits per heavy atom. The van der Waals surface area contributed by atoms with E-state index in [0.717, 1.165) is 38.3 Å². The van der Waals surface area contributed by atoms with Gasteiger partial charge in [-0.25, -0.2) is 0 Å². The molecule has 2 rings (SSSR count). The SMILES string of the molecule is CNCc1cccc(C2CCOCC2)n1. The Balaban J connectivity index is 2.09. The zero-order valence-corrected chi connectivity index (χ0v) is 9.20. The third kappa shape index (κ3) is 2.76. The molecule has 1 aromatic rings. The first-order valence-corrected chi connectivity index (χ1v) is 5.58. The fraction of sp³-hybridized carbons (Fsp3) is 0.583. The van der Waals surface area contributed by atoms with Crippen LogP contribution in [0, 0.1) is 0 Å². The average Bonchev–Trinajstić information content (AvgIpc) is 2.31. The molecule has 15 heavy (non-hydrogen) atoms. The average molecular weight is 206 g/mol. The Morgan fingerprint density at radius 2 is 2.20 bits per heavy atom. The highest BCUT2D eigenvalue weighted by molar-refractivity contribution is 5.15. The summed E-state index contributed by atoms with van der Waals surface area (Å²) in [6, 6.07) is 6.30. The van der Waals surface area contributed by atoms with E-state index >= 15 is 0 Å². The molecule has 0 saturated carbocycles. The number of nitrogens with zero attached hydrogens (tertiary/aromatic N) is 1. The van der Waals surface area contributed by atoms with Crippen LogP contribution in [0.25, 0.3) is 0 Å². The fourth-order valence-corrected chi connectivity index (χ4v) is 2.00. The van der Waals surface area contributed by atoms with E-state index < -0.39 is 0 Å². The third-order valence-electron chi connectivity index (χ3n) is 2.83. The normalized spacial score (nSPS) is 17.9. The second kappa shape index (κ2) is 5.24. The number of hydrogen-bond donors (Lipinski definition) is 1. The molecule has 1 fully saturated rings. The Labute approximate surface area is 90.9 Å². The molecular formula is C12H18N2O. The van der Waals surface area contributed by atoms with E-state index in [1.807, 2.05) is 7.05 Å². The lowest BCUT2D eigenvalue weighted by molar-refractivity contribution is 0.0844. The summed E-state index contributed by atoms with van der Waals surface area (Å²) < 4.78 is 5.36. The highest BCUT2D eigenvalue weighted by Crippen LogP contribution is 2.25. The molecule has 1 aliphatic rings. The smallest absolute Gasteiger partial charge is 0.0545 e. The maximum atomic E-state index is 5.36. The van der Waals surface area contributed by atoms with Crippen molar-refractivity contribution in [1.29, 1.82) is 0 Å². The van der Waals surface area contributed by atoms with E-state index in [1.54, 1.807) is 0 Å². The van der Waals surface area contributed by atoms with E-state index in [-0.39, 0.29) is 0 Å². The number of hydrogen-bond acceptors (Lipinski definition) is 3. The van der Waals surface area contributed by atoms with Gasteiger partial charge in [-0.2, -0.15) is 0 Å². The molecule has 3 heteroatoms. The van der Waals surface area contributed by atoms with Crippen molar-refractivity contribution in [3.05, 3.63) is 29.6 Å². The van der Waals surface area contributed by atoms with Gasteiger partial charge in [0.1, 0.15) is 0 Å². The predicted molar refractivity (Wildman–Crippen MR) is 59.8 cm³/mol. The molecule has 0 unspecified atom stereocenters. The first-order valence-electron chi connectivity index (χ1n) is 5.58. The van der Waals surface area contributed by atoms with Gasteiger partial charge in [0.15, 0.2) is 0 Å². The fourth-order valence-electron chi connectivity index (χ4n) is 2.00. The maximum absolute atomic E-state index is 5.36. The van der Waals surface area contributed by atoms with Crippen LogP contribution in [0.5, 0.6) is 0 Å². The number of nitrogens with one attached hydrogen (secondary N) is 1. The highest BCUT2D eigenvalue weighted by atomic mass is 16.5. The highest BCUT2D eigenvalue weighted by Gasteiger charge is 2.16. The molecule has 0 radical (unpaired) electrons. The molecule has 0 amide bonds. The molecule has 0 spiro atoms. The first-order chi connectivity index (χ1) is 7.40. The van der Waals surface area contributed by atoms with Gasteiger partial charge in [0, 0.05) is 31.4 Å². The lowest BCUT2D eigenvalue weighted by Crippen LogP contribution is -2.16. The number of aromatic nitrogens is 1. The monoisotopic (exact) mass is 206 g/mol. The van der Waals surface area contributed by atoms with Gasteiger partial charge in [-0.15, -0.1) is 0 Å². The minimum absolute atomic E-state index is 0.593. The quantitative estimate of drug-likeness (QED) is 0.817. The molecule has 82 valence electrons. The summed E-state index contributed by atoms with van der Waals surface area (Å²) in [6.07, 6.45) is 2.21. The van der Waals surface area contributed by atoms with Crippen LogP contribution in [0.4, 0.5) is 0 Å². The van der Waals surface area contributed by atoms with E-state index in [1.165, 1.54) is 5.69 Å². The van der Waals surface area contributed by atoms with Crippen LogP contribution in [0.3, 0.4) is 0 Å². The summed E-state index contributed by atoms with van der Waals surface area (Å²) in [7, 11) is 1.95. The van der Waals surface area contributed by atoms with Crippen molar-refractivity contribution < 1.29 is 4.74 Å². The summed E-state index contributed by atoms with van der Waals surface area (Å²) in [5.74, 6) is 0.593. The third-order valence-corrected chi connectivity index (χ3v) is 2.83. The van der Waals surface area contributed by atoms with Gasteiger partial charge < -0.3 is 10.1 Å². The molecule has 1 saturated heterocycles. The molecule has 0 bridgehead atoms. The second-order valence-corrected chi connectivity index (χ2v) is 3.97. The molecule has 2 heterocycles. The summed E-state index contributed by atoms with van der Waals surface area (Å²) in [5.41, 5.74) is 2.35. The van der Waals surface area contributed by atoms with Crippen LogP contribution >= 0.6 is 0 Å². The van der Waals surface area contributed by atoms with Gasteiger partial charge in [-0.1, -0.05) is 6.07 Å². The Kier molecular flexibility index (Phi) is 3.69. The van der Waals surface area contributed by atoms with Gasteiger partial charge >= 0.3 is 0 Å². The Morgan fingerprint density at radius 1 is 1.40 bits per heavy atom. The first kappa shape index (κ1) is 10.6. The maximum Gasteiger partial charge on any atom is 0.0545 e. The number of rotatable bonds is 3. The van der Waals surface area contributed by atoms with Crippen molar-refractivity contribution >= 4 is 0 Å². The van der Waals surface area contributed by atoms with E-state index in [0.29, 0.717) is 5.92 Å². The second-order valence-electron chi connectivity index (χ2n) is 3.97. The molecule has 1 aromatic heterocycles. The molecule has 0 aliphatic carbocycles. The van der Waals surface area contributed by atoms with Crippen molar-refractivity contribution in [3.63, 3.8) is 0 Å². The topological polar surface area (TPSA) is 34.1 Å². The summed E-state index contributed by atoms with van der Waals surface area (Å²) in [5, 5.41) is 3.13. The van der Waals surface area contributed by atoms with Crippen LogP contribution in [-0.4, -0.2) is 25.2 Å². The van der Waals surface area contributed by atoms with Crippen molar-refractivity contribution in [2.75, 3.05) is 20.3 Å². The van der Waals surface area contributed by atoms with Crippen molar-refractivity contribution in [2.45, 2.75) is 25.3 Å². The van der Waals surface area contributed by atoms with Crippen LogP contribution < -0.4 is 5.32 Å². The number of pyridine rings is 1. The van der Waals surface area contributed by atoms with Crippen molar-refractivity contribution in [3.8, 4) is 0 Å². The molecule has 1 N–H and O–H groups in total.